The first-order valence-corrected chi connectivity index (χ1v) is 10.6. The molecule has 2 aromatic rings. The Morgan fingerprint density at radius 3 is 2.52 bits per heavy atom. The number of aromatic nitrogens is 3. The first-order valence-electron chi connectivity index (χ1n) is 10.6. The number of hydrogen-bond acceptors (Lipinski definition) is 5. The highest BCUT2D eigenvalue weighted by molar-refractivity contribution is 5.79. The Morgan fingerprint density at radius 1 is 1.00 bits per heavy atom. The molecule has 29 heavy (non-hydrogen) atoms. The lowest BCUT2D eigenvalue weighted by Crippen LogP contribution is -2.42. The lowest BCUT2D eigenvalue weighted by atomic mass is 9.87. The van der Waals surface area contributed by atoms with Crippen molar-refractivity contribution in [2.75, 3.05) is 18.4 Å². The van der Waals surface area contributed by atoms with Crippen molar-refractivity contribution in [3.8, 4) is 11.8 Å². The summed E-state index contributed by atoms with van der Waals surface area (Å²) in [5.74, 6) is 8.84. The molecule has 1 aliphatic heterocycles. The Hall–Kier alpha value is -2.94. The Balaban J connectivity index is 1.31. The summed E-state index contributed by atoms with van der Waals surface area (Å²) in [4.78, 5) is 27.4. The van der Waals surface area contributed by atoms with Crippen LogP contribution < -0.4 is 5.32 Å². The molecule has 0 bridgehead atoms. The Kier molecular flexibility index (Phi) is 6.35. The van der Waals surface area contributed by atoms with Crippen LogP contribution in [0.5, 0.6) is 0 Å². The molecule has 4 rings (SSSR count). The van der Waals surface area contributed by atoms with Gasteiger partial charge in [0, 0.05) is 49.1 Å². The smallest absolute Gasteiger partial charge is 0.228 e. The lowest BCUT2D eigenvalue weighted by Gasteiger charge is -2.33. The number of carbonyl (C=O) groups is 1. The van der Waals surface area contributed by atoms with Crippen LogP contribution in [-0.2, 0) is 4.79 Å². The highest BCUT2D eigenvalue weighted by Crippen LogP contribution is 2.27. The number of piperidine rings is 1. The van der Waals surface area contributed by atoms with Gasteiger partial charge in [0.25, 0.3) is 0 Å². The number of hydrogen-bond donors (Lipinski definition) is 1. The van der Waals surface area contributed by atoms with Gasteiger partial charge in [0.2, 0.25) is 11.9 Å². The Bertz CT molecular complexity index is 875. The molecule has 0 radical (unpaired) electrons. The summed E-state index contributed by atoms with van der Waals surface area (Å²) in [5, 5.41) is 3.09. The fourth-order valence-corrected chi connectivity index (χ4v) is 4.09. The first kappa shape index (κ1) is 19.4. The molecule has 1 saturated heterocycles. The van der Waals surface area contributed by atoms with Crippen LogP contribution in [0.3, 0.4) is 0 Å². The molecule has 0 unspecified atom stereocenters. The SMILES string of the molecule is O=C(C1CCCCC1)N1CCC(C#Cc2ccnc(Nc3ncccn3)c2)CC1. The van der Waals surface area contributed by atoms with E-state index in [1.807, 2.05) is 12.1 Å². The third kappa shape index (κ3) is 5.32. The summed E-state index contributed by atoms with van der Waals surface area (Å²) in [5.41, 5.74) is 0.916. The van der Waals surface area contributed by atoms with E-state index in [1.165, 1.54) is 19.3 Å². The number of pyridine rings is 1. The van der Waals surface area contributed by atoms with E-state index in [4.69, 9.17) is 0 Å². The fraction of sp³-hybridized carbons (Fsp3) is 0.478. The fourth-order valence-electron chi connectivity index (χ4n) is 4.09. The molecule has 1 aliphatic carbocycles. The maximum atomic E-state index is 12.7. The van der Waals surface area contributed by atoms with Gasteiger partial charge in [-0.05, 0) is 43.9 Å². The van der Waals surface area contributed by atoms with Gasteiger partial charge < -0.3 is 10.2 Å². The largest absolute Gasteiger partial charge is 0.342 e. The number of amides is 1. The van der Waals surface area contributed by atoms with E-state index in [1.54, 1.807) is 24.7 Å². The van der Waals surface area contributed by atoms with E-state index in [9.17, 15) is 4.79 Å². The number of carbonyl (C=O) groups excluding carboxylic acids is 1. The molecular weight excluding hydrogens is 362 g/mol. The molecule has 2 aliphatic rings. The lowest BCUT2D eigenvalue weighted by molar-refractivity contribution is -0.137. The van der Waals surface area contributed by atoms with Crippen LogP contribution in [0.2, 0.25) is 0 Å². The van der Waals surface area contributed by atoms with E-state index >= 15 is 0 Å². The van der Waals surface area contributed by atoms with Gasteiger partial charge in [-0.2, -0.15) is 0 Å². The van der Waals surface area contributed by atoms with Gasteiger partial charge in [-0.15, -0.1) is 0 Å². The minimum absolute atomic E-state index is 0.266. The zero-order chi connectivity index (χ0) is 19.9. The van der Waals surface area contributed by atoms with Crippen LogP contribution in [0.15, 0.2) is 36.8 Å². The van der Waals surface area contributed by atoms with E-state index in [2.05, 4.69) is 37.0 Å². The van der Waals surface area contributed by atoms with E-state index in [0.717, 1.165) is 44.3 Å². The second-order valence-electron chi connectivity index (χ2n) is 7.83. The zero-order valence-electron chi connectivity index (χ0n) is 16.7. The van der Waals surface area contributed by atoms with Gasteiger partial charge in [0.1, 0.15) is 5.82 Å². The summed E-state index contributed by atoms with van der Waals surface area (Å²) in [6.45, 7) is 1.67. The summed E-state index contributed by atoms with van der Waals surface area (Å²) in [7, 11) is 0. The monoisotopic (exact) mass is 389 g/mol. The summed E-state index contributed by atoms with van der Waals surface area (Å²) >= 11 is 0. The molecule has 0 atom stereocenters. The van der Waals surface area contributed by atoms with Crippen molar-refractivity contribution in [3.63, 3.8) is 0 Å². The second-order valence-corrected chi connectivity index (χ2v) is 7.83. The van der Waals surface area contributed by atoms with Gasteiger partial charge in [-0.1, -0.05) is 31.1 Å². The van der Waals surface area contributed by atoms with Gasteiger partial charge in [0.15, 0.2) is 0 Å². The second kappa shape index (κ2) is 9.51. The van der Waals surface area contributed by atoms with Crippen molar-refractivity contribution in [3.05, 3.63) is 42.4 Å². The molecular formula is C23H27N5O. The Morgan fingerprint density at radius 2 is 1.76 bits per heavy atom. The molecule has 1 N–H and O–H groups in total. The minimum Gasteiger partial charge on any atom is -0.342 e. The summed E-state index contributed by atoms with van der Waals surface area (Å²) in [6, 6.07) is 5.59. The molecule has 2 aromatic heterocycles. The third-order valence-electron chi connectivity index (χ3n) is 5.75. The van der Waals surface area contributed by atoms with Crippen LogP contribution in [0.4, 0.5) is 11.8 Å². The zero-order valence-corrected chi connectivity index (χ0v) is 16.7. The van der Waals surface area contributed by atoms with Crippen molar-refractivity contribution in [2.24, 2.45) is 11.8 Å². The predicted molar refractivity (Wildman–Crippen MR) is 112 cm³/mol. The normalized spacial score (nSPS) is 18.0. The van der Waals surface area contributed by atoms with E-state index in [-0.39, 0.29) is 5.92 Å². The topological polar surface area (TPSA) is 71.0 Å². The van der Waals surface area contributed by atoms with Crippen LogP contribution in [0.25, 0.3) is 0 Å². The first-order chi connectivity index (χ1) is 14.3. The molecule has 150 valence electrons. The summed E-state index contributed by atoms with van der Waals surface area (Å²) < 4.78 is 0. The molecule has 2 fully saturated rings. The van der Waals surface area contributed by atoms with Gasteiger partial charge >= 0.3 is 0 Å². The van der Waals surface area contributed by atoms with Crippen LogP contribution in [-0.4, -0.2) is 38.8 Å². The minimum atomic E-state index is 0.266. The molecule has 6 heteroatoms. The molecule has 0 aromatic carbocycles. The van der Waals surface area contributed by atoms with Gasteiger partial charge in [-0.3, -0.25) is 4.79 Å². The number of nitrogens with zero attached hydrogens (tertiary/aromatic N) is 4. The average Bonchev–Trinajstić information content (AvgIpc) is 2.79. The van der Waals surface area contributed by atoms with Gasteiger partial charge in [-0.25, -0.2) is 15.0 Å². The highest BCUT2D eigenvalue weighted by atomic mass is 16.2. The molecule has 1 saturated carbocycles. The van der Waals surface area contributed by atoms with Crippen molar-refractivity contribution in [1.82, 2.24) is 19.9 Å². The van der Waals surface area contributed by atoms with Crippen LogP contribution >= 0.6 is 0 Å². The standard InChI is InChI=1S/C23H27N5O/c29-22(20-5-2-1-3-6-20)28-15-10-18(11-16-28)7-8-19-9-14-24-21(17-19)27-23-25-12-4-13-26-23/h4,9,12-14,17-18,20H,1-3,5-6,10-11,15-16H2,(H,24,25,26,27). The van der Waals surface area contributed by atoms with Crippen molar-refractivity contribution >= 4 is 17.7 Å². The van der Waals surface area contributed by atoms with Crippen molar-refractivity contribution in [1.29, 1.82) is 0 Å². The van der Waals surface area contributed by atoms with E-state index in [0.29, 0.717) is 23.6 Å². The maximum Gasteiger partial charge on any atom is 0.228 e. The number of anilines is 2. The van der Waals surface area contributed by atoms with Crippen LogP contribution in [0, 0.1) is 23.7 Å². The molecule has 3 heterocycles. The molecule has 0 spiro atoms. The summed E-state index contributed by atoms with van der Waals surface area (Å²) in [6.07, 6.45) is 12.9. The van der Waals surface area contributed by atoms with Crippen molar-refractivity contribution in [2.45, 2.75) is 44.9 Å². The third-order valence-corrected chi connectivity index (χ3v) is 5.75. The maximum absolute atomic E-state index is 12.7. The van der Waals surface area contributed by atoms with E-state index < -0.39 is 0 Å². The van der Waals surface area contributed by atoms with Crippen LogP contribution in [0.1, 0.15) is 50.5 Å². The number of likely N-dealkylation sites (tertiary alicyclic amines) is 1. The number of rotatable bonds is 3. The predicted octanol–water partition coefficient (Wildman–Crippen LogP) is 3.79. The van der Waals surface area contributed by atoms with Crippen molar-refractivity contribution < 1.29 is 4.79 Å². The Labute approximate surface area is 172 Å². The van der Waals surface area contributed by atoms with Gasteiger partial charge in [0.05, 0.1) is 0 Å². The average molecular weight is 390 g/mol. The quantitative estimate of drug-likeness (QED) is 0.809. The highest BCUT2D eigenvalue weighted by Gasteiger charge is 2.28. The molecule has 1 amide bonds. The molecule has 6 nitrogen and oxygen atoms in total. The number of nitrogens with one attached hydrogen (secondary N) is 1.